The van der Waals surface area contributed by atoms with Gasteiger partial charge in [0.1, 0.15) is 6.33 Å². The summed E-state index contributed by atoms with van der Waals surface area (Å²) in [4.78, 5) is 12.3. The number of methoxy groups -OCH3 is 2. The number of nitrogens with one attached hydrogen (secondary N) is 2. The zero-order chi connectivity index (χ0) is 23.1. The lowest BCUT2D eigenvalue weighted by Gasteiger charge is -2.11. The lowest BCUT2D eigenvalue weighted by atomic mass is 10.2. The van der Waals surface area contributed by atoms with Gasteiger partial charge in [-0.15, -0.1) is 10.2 Å². The predicted molar refractivity (Wildman–Crippen MR) is 119 cm³/mol. The molecule has 1 heterocycles. The Morgan fingerprint density at radius 3 is 2.59 bits per heavy atom. The maximum atomic E-state index is 12.5. The van der Waals surface area contributed by atoms with Crippen LogP contribution in [-0.2, 0) is 21.4 Å². The van der Waals surface area contributed by atoms with E-state index in [0.717, 1.165) is 12.1 Å². The summed E-state index contributed by atoms with van der Waals surface area (Å²) < 4.78 is 39.6. The highest BCUT2D eigenvalue weighted by Gasteiger charge is 2.17. The number of amides is 1. The maximum Gasteiger partial charge on any atom is 0.240 e. The normalized spacial score (nSPS) is 11.2. The fourth-order valence-corrected chi connectivity index (χ4v) is 4.08. The summed E-state index contributed by atoms with van der Waals surface area (Å²) in [7, 11) is -0.925. The summed E-state index contributed by atoms with van der Waals surface area (Å²) >= 11 is 0. The van der Waals surface area contributed by atoms with Crippen LogP contribution < -0.4 is 19.5 Å². The summed E-state index contributed by atoms with van der Waals surface area (Å²) in [6, 6.07) is 11.5. The third-order valence-corrected chi connectivity index (χ3v) is 6.13. The molecule has 0 fully saturated rings. The van der Waals surface area contributed by atoms with Crippen LogP contribution in [0.1, 0.15) is 13.3 Å². The molecular formula is C21H25N5O5S. The van der Waals surface area contributed by atoms with E-state index in [9.17, 15) is 13.2 Å². The van der Waals surface area contributed by atoms with Crippen LogP contribution in [0.25, 0.3) is 11.4 Å². The first-order chi connectivity index (χ1) is 15.4. The Balaban J connectivity index is 1.59. The summed E-state index contributed by atoms with van der Waals surface area (Å²) in [5.74, 6) is 1.09. The molecule has 11 heteroatoms. The molecule has 0 atom stereocenters. The molecule has 0 aliphatic heterocycles. The summed E-state index contributed by atoms with van der Waals surface area (Å²) in [5, 5.41) is 10.8. The fraction of sp³-hybridized carbons (Fsp3) is 0.286. The average Bonchev–Trinajstić information content (AvgIpc) is 3.27. The van der Waals surface area contributed by atoms with Crippen LogP contribution in [-0.4, -0.2) is 49.9 Å². The van der Waals surface area contributed by atoms with E-state index >= 15 is 0 Å². The molecule has 10 nitrogen and oxygen atoms in total. The fourth-order valence-electron chi connectivity index (χ4n) is 3.04. The number of anilines is 1. The molecule has 0 bridgehead atoms. The highest BCUT2D eigenvalue weighted by Crippen LogP contribution is 2.29. The van der Waals surface area contributed by atoms with Gasteiger partial charge in [0.2, 0.25) is 15.9 Å². The van der Waals surface area contributed by atoms with Gasteiger partial charge in [-0.2, -0.15) is 0 Å². The first-order valence-electron chi connectivity index (χ1n) is 9.87. The van der Waals surface area contributed by atoms with E-state index < -0.39 is 10.0 Å². The van der Waals surface area contributed by atoms with E-state index in [4.69, 9.17) is 9.47 Å². The third kappa shape index (κ3) is 5.42. The van der Waals surface area contributed by atoms with Crippen LogP contribution in [0.15, 0.2) is 53.7 Å². The largest absolute Gasteiger partial charge is 0.493 e. The molecule has 2 N–H and O–H groups in total. The molecule has 3 rings (SSSR count). The zero-order valence-corrected chi connectivity index (χ0v) is 18.8. The number of ether oxygens (including phenoxy) is 2. The van der Waals surface area contributed by atoms with Gasteiger partial charge < -0.3 is 19.4 Å². The Hall–Kier alpha value is -3.44. The Morgan fingerprint density at radius 2 is 1.88 bits per heavy atom. The average molecular weight is 460 g/mol. The smallest absolute Gasteiger partial charge is 0.240 e. The van der Waals surface area contributed by atoms with Gasteiger partial charge in [-0.1, -0.05) is 12.1 Å². The first kappa shape index (κ1) is 23.2. The number of sulfonamides is 1. The van der Waals surface area contributed by atoms with Crippen molar-refractivity contribution in [2.75, 3.05) is 26.1 Å². The molecule has 32 heavy (non-hydrogen) atoms. The lowest BCUT2D eigenvalue weighted by Crippen LogP contribution is -2.27. The second kappa shape index (κ2) is 10.2. The minimum Gasteiger partial charge on any atom is -0.493 e. The molecule has 0 saturated carbocycles. The van der Waals surface area contributed by atoms with Crippen LogP contribution >= 0.6 is 0 Å². The van der Waals surface area contributed by atoms with E-state index in [1.54, 1.807) is 24.5 Å². The minimum atomic E-state index is -3.81. The van der Waals surface area contributed by atoms with Crippen LogP contribution in [0.2, 0.25) is 0 Å². The van der Waals surface area contributed by atoms with Crippen LogP contribution in [0.5, 0.6) is 11.5 Å². The number of aromatic nitrogens is 3. The number of carbonyl (C=O) groups is 1. The molecule has 0 unspecified atom stereocenters. The van der Waals surface area contributed by atoms with Crippen molar-refractivity contribution in [1.82, 2.24) is 19.5 Å². The van der Waals surface area contributed by atoms with Gasteiger partial charge >= 0.3 is 0 Å². The molecule has 170 valence electrons. The number of aryl methyl sites for hydroxylation is 1. The first-order valence-corrected chi connectivity index (χ1v) is 11.4. The molecular weight excluding hydrogens is 434 g/mol. The number of carbonyl (C=O) groups excluding carboxylic acids is 1. The Morgan fingerprint density at radius 1 is 1.09 bits per heavy atom. The van der Waals surface area contributed by atoms with Crippen molar-refractivity contribution in [3.05, 3.63) is 48.8 Å². The highest BCUT2D eigenvalue weighted by atomic mass is 32.2. The Labute approximate surface area is 186 Å². The minimum absolute atomic E-state index is 0.0169. The molecule has 0 radical (unpaired) electrons. The SMILES string of the molecule is CCn1cnnc1-c1cccc(NC(=O)CCNS(=O)(=O)c2ccc(OC)c(OC)c2)c1. The van der Waals surface area contributed by atoms with Crippen molar-refractivity contribution in [1.29, 1.82) is 0 Å². The van der Waals surface area contributed by atoms with E-state index in [0.29, 0.717) is 23.0 Å². The molecule has 1 aromatic heterocycles. The molecule has 0 spiro atoms. The standard InChI is InChI=1S/C21H25N5O5S/c1-4-26-14-22-25-21(26)15-6-5-7-16(12-15)24-20(27)10-11-23-32(28,29)17-8-9-18(30-2)19(13-17)31-3/h5-9,12-14,23H,4,10-11H2,1-3H3,(H,24,27). The zero-order valence-electron chi connectivity index (χ0n) is 18.0. The van der Waals surface area contributed by atoms with Crippen LogP contribution in [0.3, 0.4) is 0 Å². The Kier molecular flexibility index (Phi) is 7.44. The van der Waals surface area contributed by atoms with Crippen molar-refractivity contribution in [3.8, 4) is 22.9 Å². The quantitative estimate of drug-likeness (QED) is 0.477. The summed E-state index contributed by atoms with van der Waals surface area (Å²) in [6.07, 6.45) is 1.60. The Bertz CT molecular complexity index is 1190. The maximum absolute atomic E-state index is 12.5. The second-order valence-electron chi connectivity index (χ2n) is 6.73. The lowest BCUT2D eigenvalue weighted by molar-refractivity contribution is -0.116. The van der Waals surface area contributed by atoms with Crippen molar-refractivity contribution in [2.24, 2.45) is 0 Å². The van der Waals surface area contributed by atoms with Gasteiger partial charge in [0.25, 0.3) is 0 Å². The third-order valence-electron chi connectivity index (χ3n) is 4.67. The van der Waals surface area contributed by atoms with Crippen LogP contribution in [0, 0.1) is 0 Å². The van der Waals surface area contributed by atoms with E-state index in [1.165, 1.54) is 32.4 Å². The molecule has 3 aromatic rings. The summed E-state index contributed by atoms with van der Waals surface area (Å²) in [6.45, 7) is 2.65. The topological polar surface area (TPSA) is 124 Å². The number of benzene rings is 2. The van der Waals surface area contributed by atoms with Crippen LogP contribution in [0.4, 0.5) is 5.69 Å². The summed E-state index contributed by atoms with van der Waals surface area (Å²) in [5.41, 5.74) is 1.40. The van der Waals surface area contributed by atoms with Gasteiger partial charge in [-0.3, -0.25) is 4.79 Å². The highest BCUT2D eigenvalue weighted by molar-refractivity contribution is 7.89. The van der Waals surface area contributed by atoms with E-state index in [-0.39, 0.29) is 23.8 Å². The van der Waals surface area contributed by atoms with Crippen molar-refractivity contribution < 1.29 is 22.7 Å². The van der Waals surface area contributed by atoms with Crippen molar-refractivity contribution >= 4 is 21.6 Å². The molecule has 0 aliphatic rings. The number of hydrogen-bond donors (Lipinski definition) is 2. The molecule has 0 saturated heterocycles. The van der Waals surface area contributed by atoms with E-state index in [2.05, 4.69) is 20.2 Å². The molecule has 2 aromatic carbocycles. The van der Waals surface area contributed by atoms with Gasteiger partial charge in [0.15, 0.2) is 17.3 Å². The second-order valence-corrected chi connectivity index (χ2v) is 8.50. The monoisotopic (exact) mass is 459 g/mol. The molecule has 0 aliphatic carbocycles. The number of rotatable bonds is 10. The number of hydrogen-bond acceptors (Lipinski definition) is 7. The number of nitrogens with zero attached hydrogens (tertiary/aromatic N) is 3. The molecule has 1 amide bonds. The van der Waals surface area contributed by atoms with Crippen molar-refractivity contribution in [3.63, 3.8) is 0 Å². The van der Waals surface area contributed by atoms with Crippen molar-refractivity contribution in [2.45, 2.75) is 24.8 Å². The van der Waals surface area contributed by atoms with Gasteiger partial charge in [-0.25, -0.2) is 13.1 Å². The van der Waals surface area contributed by atoms with Gasteiger partial charge in [0.05, 0.1) is 19.1 Å². The van der Waals surface area contributed by atoms with E-state index in [1.807, 2.05) is 17.6 Å². The predicted octanol–water partition coefficient (Wildman–Crippen LogP) is 2.29. The van der Waals surface area contributed by atoms with Gasteiger partial charge in [0, 0.05) is 36.8 Å². The van der Waals surface area contributed by atoms with Gasteiger partial charge in [-0.05, 0) is 31.2 Å².